The molecule has 6 unspecified atom stereocenters. The van der Waals surface area contributed by atoms with E-state index < -0.39 is 59.8 Å². The SMILES string of the molecule is CCCCCCC/C=C\C/C=C\CCCCCCCCCCCCCC(=O)OC(COCCCCCCCCCCCCCCCCCCCC)COC1OC(CO)C(O)C(OS(=O)(=O)O)C1O. The molecule has 1 heterocycles. The zero-order valence-corrected chi connectivity index (χ0v) is 44.3. The number of carbonyl (C=O) groups excluding carboxylic acids is 1. The Bertz CT molecular complexity index is 1280. The van der Waals surface area contributed by atoms with Crippen molar-refractivity contribution < 1.29 is 56.2 Å². The second kappa shape index (κ2) is 46.6. The third kappa shape index (κ3) is 39.2. The molecular weight excluding hydrogens is 885 g/mol. The Morgan fingerprint density at radius 1 is 0.559 bits per heavy atom. The van der Waals surface area contributed by atoms with E-state index in [9.17, 15) is 33.1 Å². The van der Waals surface area contributed by atoms with Gasteiger partial charge in [0.05, 0.1) is 19.8 Å². The summed E-state index contributed by atoms with van der Waals surface area (Å²) in [5.74, 6) is -0.396. The van der Waals surface area contributed by atoms with Crippen LogP contribution in [0.5, 0.6) is 0 Å². The Hall–Kier alpha value is -1.42. The minimum absolute atomic E-state index is 0.0405. The van der Waals surface area contributed by atoms with Crippen LogP contribution in [-0.2, 0) is 38.3 Å². The van der Waals surface area contributed by atoms with Crippen LogP contribution in [0, 0.1) is 0 Å². The summed E-state index contributed by atoms with van der Waals surface area (Å²) in [4.78, 5) is 12.9. The molecule has 0 bridgehead atoms. The molecule has 1 rings (SSSR count). The molecule has 0 aliphatic carbocycles. The van der Waals surface area contributed by atoms with Crippen LogP contribution in [0.3, 0.4) is 0 Å². The topological polar surface area (TPSA) is 178 Å². The summed E-state index contributed by atoms with van der Waals surface area (Å²) < 4.78 is 59.4. The summed E-state index contributed by atoms with van der Waals surface area (Å²) in [6.07, 6.45) is 46.4. The molecule has 1 saturated heterocycles. The van der Waals surface area contributed by atoms with Crippen LogP contribution in [0.25, 0.3) is 0 Å². The van der Waals surface area contributed by atoms with Crippen molar-refractivity contribution in [2.75, 3.05) is 26.4 Å². The number of carbonyl (C=O) groups is 1. The summed E-state index contributed by atoms with van der Waals surface area (Å²) in [6.45, 7) is 4.04. The molecule has 0 amide bonds. The van der Waals surface area contributed by atoms with Gasteiger partial charge < -0.3 is 34.3 Å². The highest BCUT2D eigenvalue weighted by molar-refractivity contribution is 7.80. The van der Waals surface area contributed by atoms with E-state index in [1.165, 1.54) is 186 Å². The third-order valence-corrected chi connectivity index (χ3v) is 13.5. The number of hydrogen-bond acceptors (Lipinski definition) is 11. The molecule has 0 radical (unpaired) electrons. The van der Waals surface area contributed by atoms with Gasteiger partial charge in [0.1, 0.15) is 30.5 Å². The molecule has 4 N–H and O–H groups in total. The lowest BCUT2D eigenvalue weighted by atomic mass is 9.99. The third-order valence-electron chi connectivity index (χ3n) is 13.1. The minimum atomic E-state index is -5.06. The van der Waals surface area contributed by atoms with Crippen LogP contribution in [0.15, 0.2) is 24.3 Å². The molecule has 13 heteroatoms. The van der Waals surface area contributed by atoms with Crippen LogP contribution in [-0.4, -0.2) is 97.5 Å². The number of aliphatic hydroxyl groups excluding tert-OH is 3. The summed E-state index contributed by atoms with van der Waals surface area (Å²) in [5, 5.41) is 30.8. The summed E-state index contributed by atoms with van der Waals surface area (Å²) >= 11 is 0. The molecule has 12 nitrogen and oxygen atoms in total. The molecule has 1 aliphatic heterocycles. The predicted octanol–water partition coefficient (Wildman–Crippen LogP) is 13.5. The molecule has 402 valence electrons. The van der Waals surface area contributed by atoms with E-state index in [1.807, 2.05) is 0 Å². The van der Waals surface area contributed by atoms with Gasteiger partial charge in [0, 0.05) is 13.0 Å². The maximum atomic E-state index is 12.9. The van der Waals surface area contributed by atoms with E-state index in [0.717, 1.165) is 44.9 Å². The van der Waals surface area contributed by atoms with Gasteiger partial charge in [0.2, 0.25) is 0 Å². The molecule has 0 spiro atoms. The van der Waals surface area contributed by atoms with E-state index in [2.05, 4.69) is 42.3 Å². The van der Waals surface area contributed by atoms with E-state index in [0.29, 0.717) is 13.0 Å². The average Bonchev–Trinajstić information content (AvgIpc) is 3.31. The molecular formula is C55H104O12S. The Morgan fingerprint density at radius 3 is 1.40 bits per heavy atom. The fraction of sp³-hybridized carbons (Fsp3) is 0.909. The number of hydrogen-bond donors (Lipinski definition) is 4. The molecule has 1 aliphatic rings. The molecule has 0 saturated carbocycles. The second-order valence-corrected chi connectivity index (χ2v) is 20.6. The van der Waals surface area contributed by atoms with E-state index in [4.69, 9.17) is 18.9 Å². The molecule has 68 heavy (non-hydrogen) atoms. The zero-order chi connectivity index (χ0) is 49.6. The smallest absolute Gasteiger partial charge is 0.397 e. The normalized spacial score (nSPS) is 19.4. The summed E-state index contributed by atoms with van der Waals surface area (Å²) in [7, 11) is -5.06. The van der Waals surface area contributed by atoms with Crippen LogP contribution in [0.4, 0.5) is 0 Å². The van der Waals surface area contributed by atoms with Gasteiger partial charge in [0.25, 0.3) is 0 Å². The minimum Gasteiger partial charge on any atom is -0.457 e. The van der Waals surface area contributed by atoms with Gasteiger partial charge in [-0.1, -0.05) is 231 Å². The predicted molar refractivity (Wildman–Crippen MR) is 276 cm³/mol. The monoisotopic (exact) mass is 989 g/mol. The lowest BCUT2D eigenvalue weighted by molar-refractivity contribution is -0.301. The van der Waals surface area contributed by atoms with E-state index in [-0.39, 0.29) is 19.6 Å². The number of allylic oxidation sites excluding steroid dienone is 4. The van der Waals surface area contributed by atoms with Crippen molar-refractivity contribution in [3.05, 3.63) is 24.3 Å². The highest BCUT2D eigenvalue weighted by Crippen LogP contribution is 2.26. The Kier molecular flexibility index (Phi) is 44.3. The maximum Gasteiger partial charge on any atom is 0.397 e. The number of ether oxygens (including phenoxy) is 4. The van der Waals surface area contributed by atoms with Crippen LogP contribution >= 0.6 is 0 Å². The van der Waals surface area contributed by atoms with Crippen LogP contribution in [0.1, 0.15) is 258 Å². The number of unbranched alkanes of at least 4 members (excludes halogenated alkanes) is 33. The van der Waals surface area contributed by atoms with Gasteiger partial charge in [-0.25, -0.2) is 4.18 Å². The van der Waals surface area contributed by atoms with E-state index >= 15 is 0 Å². The first kappa shape index (κ1) is 64.6. The number of esters is 1. The lowest BCUT2D eigenvalue weighted by Gasteiger charge is -2.41. The Labute approximate surface area is 416 Å². The second-order valence-electron chi connectivity index (χ2n) is 19.5. The van der Waals surface area contributed by atoms with Crippen molar-refractivity contribution in [3.63, 3.8) is 0 Å². The Morgan fingerprint density at radius 2 is 0.971 bits per heavy atom. The number of aliphatic hydroxyl groups is 3. The van der Waals surface area contributed by atoms with Gasteiger partial charge in [-0.3, -0.25) is 9.35 Å². The lowest BCUT2D eigenvalue weighted by Crippen LogP contribution is -2.60. The first-order chi connectivity index (χ1) is 33.1. The van der Waals surface area contributed by atoms with Crippen molar-refractivity contribution in [2.24, 2.45) is 0 Å². The Balaban J connectivity index is 2.30. The largest absolute Gasteiger partial charge is 0.457 e. The molecule has 6 atom stereocenters. The average molecular weight is 989 g/mol. The molecule has 0 aromatic rings. The van der Waals surface area contributed by atoms with E-state index in [1.54, 1.807) is 0 Å². The van der Waals surface area contributed by atoms with Crippen molar-refractivity contribution in [1.29, 1.82) is 0 Å². The van der Waals surface area contributed by atoms with Crippen molar-refractivity contribution in [1.82, 2.24) is 0 Å². The van der Waals surface area contributed by atoms with Crippen molar-refractivity contribution >= 4 is 16.4 Å². The van der Waals surface area contributed by atoms with Gasteiger partial charge in [-0.2, -0.15) is 8.42 Å². The van der Waals surface area contributed by atoms with Gasteiger partial charge >= 0.3 is 16.4 Å². The fourth-order valence-corrected chi connectivity index (χ4v) is 9.33. The van der Waals surface area contributed by atoms with Crippen LogP contribution < -0.4 is 0 Å². The highest BCUT2D eigenvalue weighted by atomic mass is 32.3. The van der Waals surface area contributed by atoms with Gasteiger partial charge in [0.15, 0.2) is 6.29 Å². The molecule has 0 aromatic carbocycles. The maximum absolute atomic E-state index is 12.9. The fourth-order valence-electron chi connectivity index (χ4n) is 8.82. The summed E-state index contributed by atoms with van der Waals surface area (Å²) in [5.41, 5.74) is 0. The van der Waals surface area contributed by atoms with Crippen molar-refractivity contribution in [3.8, 4) is 0 Å². The van der Waals surface area contributed by atoms with Crippen molar-refractivity contribution in [2.45, 2.75) is 295 Å². The quantitative estimate of drug-likeness (QED) is 0.0196. The molecule has 0 aromatic heterocycles. The van der Waals surface area contributed by atoms with Crippen LogP contribution in [0.2, 0.25) is 0 Å². The standard InChI is InChI=1S/C55H104O12S/c1-3-5-7-9-11-13-15-17-19-21-23-24-25-26-27-28-30-32-34-36-38-40-42-44-51(57)65-49(48-64-55-53(59)54(67-68(60,61)62)52(58)50(46-56)66-55)47-63-45-43-41-39-37-35-33-31-29-22-20-18-16-14-12-10-8-6-4-2/h15,17,21,23,49-50,52-56,58-59H,3-14,16,18-20,22,24-48H2,1-2H3,(H,60,61,62)/b17-15-,23-21-. The summed E-state index contributed by atoms with van der Waals surface area (Å²) in [6, 6.07) is 0. The molecule has 1 fully saturated rings. The van der Waals surface area contributed by atoms with Gasteiger partial charge in [-0.05, 0) is 44.9 Å². The van der Waals surface area contributed by atoms with Gasteiger partial charge in [-0.15, -0.1) is 0 Å². The first-order valence-corrected chi connectivity index (χ1v) is 29.5. The zero-order valence-electron chi connectivity index (χ0n) is 43.4. The first-order valence-electron chi connectivity index (χ1n) is 28.1. The number of rotatable bonds is 50. The highest BCUT2D eigenvalue weighted by Gasteiger charge is 2.48.